The Bertz CT molecular complexity index is 827. The Morgan fingerprint density at radius 2 is 2.00 bits per heavy atom. The fraction of sp³-hybridized carbons (Fsp3) is 0.200. The second-order valence-corrected chi connectivity index (χ2v) is 5.03. The van der Waals surface area contributed by atoms with Crippen molar-refractivity contribution in [3.63, 3.8) is 0 Å². The zero-order valence-electron chi connectivity index (χ0n) is 11.6. The van der Waals surface area contributed by atoms with E-state index < -0.39 is 5.97 Å². The summed E-state index contributed by atoms with van der Waals surface area (Å²) in [6.07, 6.45) is 3.44. The van der Waals surface area contributed by atoms with Crippen molar-refractivity contribution in [3.8, 4) is 11.3 Å². The van der Waals surface area contributed by atoms with Gasteiger partial charge in [0.25, 0.3) is 0 Å². The predicted molar refractivity (Wildman–Crippen MR) is 76.0 cm³/mol. The van der Waals surface area contributed by atoms with Crippen molar-refractivity contribution in [2.75, 3.05) is 0 Å². The molecule has 20 heavy (non-hydrogen) atoms. The first kappa shape index (κ1) is 12.5. The number of aromatic nitrogens is 3. The summed E-state index contributed by atoms with van der Waals surface area (Å²) >= 11 is 0. The zero-order valence-corrected chi connectivity index (χ0v) is 11.6. The van der Waals surface area contributed by atoms with E-state index in [9.17, 15) is 4.79 Å². The Morgan fingerprint density at radius 1 is 1.25 bits per heavy atom. The van der Waals surface area contributed by atoms with Crippen LogP contribution in [0.3, 0.4) is 0 Å². The Balaban J connectivity index is 2.17. The molecule has 0 radical (unpaired) electrons. The van der Waals surface area contributed by atoms with E-state index in [1.165, 1.54) is 5.56 Å². The lowest BCUT2D eigenvalue weighted by atomic mass is 10.0. The molecule has 3 aromatic rings. The van der Waals surface area contributed by atoms with Gasteiger partial charge < -0.3 is 9.67 Å². The fourth-order valence-electron chi connectivity index (χ4n) is 2.48. The Hall–Kier alpha value is -2.56. The maximum atomic E-state index is 11.1. The maximum Gasteiger partial charge on any atom is 0.354 e. The van der Waals surface area contributed by atoms with Crippen LogP contribution in [0.2, 0.25) is 0 Å². The molecule has 2 aromatic heterocycles. The van der Waals surface area contributed by atoms with E-state index >= 15 is 0 Å². The highest BCUT2D eigenvalue weighted by Gasteiger charge is 2.15. The van der Waals surface area contributed by atoms with Gasteiger partial charge in [-0.2, -0.15) is 0 Å². The summed E-state index contributed by atoms with van der Waals surface area (Å²) in [5.74, 6) is -0.330. The van der Waals surface area contributed by atoms with Crippen LogP contribution >= 0.6 is 0 Å². The quantitative estimate of drug-likeness (QED) is 0.778. The molecule has 0 aliphatic rings. The lowest BCUT2D eigenvalue weighted by molar-refractivity contribution is 0.0686. The van der Waals surface area contributed by atoms with Gasteiger partial charge in [-0.25, -0.2) is 9.78 Å². The monoisotopic (exact) mass is 269 g/mol. The molecule has 3 rings (SSSR count). The van der Waals surface area contributed by atoms with Crippen LogP contribution in [0.25, 0.3) is 17.0 Å². The van der Waals surface area contributed by atoms with Crippen molar-refractivity contribution in [1.29, 1.82) is 0 Å². The van der Waals surface area contributed by atoms with Crippen LogP contribution in [-0.2, 0) is 7.05 Å². The van der Waals surface area contributed by atoms with Crippen molar-refractivity contribution >= 4 is 11.7 Å². The molecule has 0 saturated carbocycles. The summed E-state index contributed by atoms with van der Waals surface area (Å²) < 4.78 is 3.33. The molecular weight excluding hydrogens is 254 g/mol. The van der Waals surface area contributed by atoms with Crippen molar-refractivity contribution in [3.05, 3.63) is 47.4 Å². The van der Waals surface area contributed by atoms with Gasteiger partial charge in [-0.15, -0.1) is 0 Å². The first-order valence-corrected chi connectivity index (χ1v) is 6.32. The number of imidazole rings is 2. The predicted octanol–water partition coefficient (Wildman–Crippen LogP) is 2.65. The van der Waals surface area contributed by atoms with Gasteiger partial charge in [0, 0.05) is 25.0 Å². The van der Waals surface area contributed by atoms with Crippen molar-refractivity contribution in [1.82, 2.24) is 14.0 Å². The van der Waals surface area contributed by atoms with Crippen LogP contribution in [0, 0.1) is 13.8 Å². The number of hydrogen-bond donors (Lipinski definition) is 1. The van der Waals surface area contributed by atoms with E-state index in [0.29, 0.717) is 5.78 Å². The fourth-order valence-corrected chi connectivity index (χ4v) is 2.48. The third-order valence-electron chi connectivity index (χ3n) is 3.51. The lowest BCUT2D eigenvalue weighted by Crippen LogP contribution is -2.04. The molecule has 0 amide bonds. The third-order valence-corrected chi connectivity index (χ3v) is 3.51. The highest BCUT2D eigenvalue weighted by atomic mass is 16.4. The molecule has 1 N–H and O–H groups in total. The minimum absolute atomic E-state index is 0.222. The summed E-state index contributed by atoms with van der Waals surface area (Å²) in [5.41, 5.74) is 4.51. The van der Waals surface area contributed by atoms with Gasteiger partial charge in [0.1, 0.15) is 5.69 Å². The smallest absolute Gasteiger partial charge is 0.354 e. The molecular formula is C15H15N3O2. The number of fused-ring (bicyclic) bond motifs is 1. The average Bonchev–Trinajstić information content (AvgIpc) is 2.89. The molecule has 0 atom stereocenters. The summed E-state index contributed by atoms with van der Waals surface area (Å²) in [4.78, 5) is 15.6. The van der Waals surface area contributed by atoms with Gasteiger partial charge in [0.2, 0.25) is 5.78 Å². The summed E-state index contributed by atoms with van der Waals surface area (Å²) in [6.45, 7) is 4.11. The van der Waals surface area contributed by atoms with Crippen LogP contribution in [0.4, 0.5) is 0 Å². The molecule has 0 saturated heterocycles. The third kappa shape index (κ3) is 1.79. The molecule has 0 bridgehead atoms. The van der Waals surface area contributed by atoms with Gasteiger partial charge in [0.05, 0.1) is 5.69 Å². The molecule has 1 aromatic carbocycles. The van der Waals surface area contributed by atoms with E-state index in [1.54, 1.807) is 22.2 Å². The first-order chi connectivity index (χ1) is 9.47. The number of benzene rings is 1. The van der Waals surface area contributed by atoms with E-state index in [-0.39, 0.29) is 5.69 Å². The standard InChI is InChI=1S/C15H15N3O2/c1-9-4-5-11(10(2)6-9)12-7-18-8-13(14(19)20)17(3)15(18)16-12/h4-8H,1-3H3,(H,19,20). The highest BCUT2D eigenvalue weighted by molar-refractivity contribution is 5.86. The molecule has 102 valence electrons. The van der Waals surface area contributed by atoms with Crippen LogP contribution < -0.4 is 0 Å². The second kappa shape index (κ2) is 4.23. The molecule has 5 nitrogen and oxygen atoms in total. The number of aryl methyl sites for hydroxylation is 3. The minimum Gasteiger partial charge on any atom is -0.477 e. The van der Waals surface area contributed by atoms with Gasteiger partial charge in [0.15, 0.2) is 0 Å². The Kier molecular flexibility index (Phi) is 2.64. The molecule has 0 fully saturated rings. The van der Waals surface area contributed by atoms with Crippen LogP contribution in [0.15, 0.2) is 30.6 Å². The van der Waals surface area contributed by atoms with Gasteiger partial charge in [-0.05, 0) is 19.4 Å². The first-order valence-electron chi connectivity index (χ1n) is 6.32. The van der Waals surface area contributed by atoms with Gasteiger partial charge >= 0.3 is 5.97 Å². The summed E-state index contributed by atoms with van der Waals surface area (Å²) in [7, 11) is 1.71. The van der Waals surface area contributed by atoms with Crippen molar-refractivity contribution < 1.29 is 9.90 Å². The van der Waals surface area contributed by atoms with Gasteiger partial charge in [-0.1, -0.05) is 23.8 Å². The molecule has 0 aliphatic carbocycles. The van der Waals surface area contributed by atoms with E-state index in [1.807, 2.05) is 12.3 Å². The number of nitrogens with zero attached hydrogens (tertiary/aromatic N) is 3. The molecule has 0 aliphatic heterocycles. The van der Waals surface area contributed by atoms with Crippen LogP contribution in [0.5, 0.6) is 0 Å². The molecule has 0 spiro atoms. The summed E-state index contributed by atoms with van der Waals surface area (Å²) in [5, 5.41) is 9.08. The van der Waals surface area contributed by atoms with Crippen molar-refractivity contribution in [2.24, 2.45) is 7.05 Å². The van der Waals surface area contributed by atoms with Gasteiger partial charge in [-0.3, -0.25) is 4.40 Å². The lowest BCUT2D eigenvalue weighted by Gasteiger charge is -2.03. The highest BCUT2D eigenvalue weighted by Crippen LogP contribution is 2.24. The maximum absolute atomic E-state index is 11.1. The summed E-state index contributed by atoms with van der Waals surface area (Å²) in [6, 6.07) is 6.21. The Morgan fingerprint density at radius 3 is 2.60 bits per heavy atom. The number of carbonyl (C=O) groups is 1. The molecule has 5 heteroatoms. The second-order valence-electron chi connectivity index (χ2n) is 5.03. The van der Waals surface area contributed by atoms with Crippen molar-refractivity contribution in [2.45, 2.75) is 13.8 Å². The SMILES string of the molecule is Cc1ccc(-c2cn3cc(C(=O)O)n(C)c3n2)c(C)c1. The Labute approximate surface area is 116 Å². The average molecular weight is 269 g/mol. The number of hydrogen-bond acceptors (Lipinski definition) is 2. The molecule has 2 heterocycles. The minimum atomic E-state index is -0.953. The number of carboxylic acid groups (broad SMARTS) is 1. The number of aromatic carboxylic acids is 1. The molecule has 0 unspecified atom stereocenters. The van der Waals surface area contributed by atoms with Crippen LogP contribution in [0.1, 0.15) is 21.6 Å². The van der Waals surface area contributed by atoms with E-state index in [0.717, 1.165) is 16.8 Å². The number of rotatable bonds is 2. The number of carboxylic acids is 1. The topological polar surface area (TPSA) is 59.5 Å². The van der Waals surface area contributed by atoms with E-state index in [4.69, 9.17) is 5.11 Å². The largest absolute Gasteiger partial charge is 0.477 e. The normalized spacial score (nSPS) is 11.2. The van der Waals surface area contributed by atoms with Crippen LogP contribution in [-0.4, -0.2) is 25.0 Å². The zero-order chi connectivity index (χ0) is 14.4. The van der Waals surface area contributed by atoms with E-state index in [2.05, 4.69) is 31.0 Å².